The van der Waals surface area contributed by atoms with Crippen LogP contribution in [0, 0.1) is 13.8 Å². The molecular weight excluding hydrogens is 448 g/mol. The van der Waals surface area contributed by atoms with Gasteiger partial charge in [-0.3, -0.25) is 14.5 Å². The normalized spacial score (nSPS) is 17.5. The molecule has 0 unspecified atom stereocenters. The average Bonchev–Trinajstić information content (AvgIpc) is 3.38. The van der Waals surface area contributed by atoms with Crippen molar-refractivity contribution in [3.05, 3.63) is 94.6 Å². The molecule has 34 heavy (non-hydrogen) atoms. The lowest BCUT2D eigenvalue weighted by Gasteiger charge is -2.23. The van der Waals surface area contributed by atoms with Crippen LogP contribution < -0.4 is 9.64 Å². The van der Waals surface area contributed by atoms with Crippen LogP contribution in [0.2, 0.25) is 0 Å². The summed E-state index contributed by atoms with van der Waals surface area (Å²) >= 11 is 1.36. The molecule has 0 radical (unpaired) electrons. The Labute approximate surface area is 200 Å². The van der Waals surface area contributed by atoms with Gasteiger partial charge in [-0.05, 0) is 48.7 Å². The number of amides is 1. The highest BCUT2D eigenvalue weighted by Gasteiger charge is 2.48. The molecule has 1 amide bonds. The van der Waals surface area contributed by atoms with Gasteiger partial charge >= 0.3 is 5.91 Å². The van der Waals surface area contributed by atoms with Crippen molar-refractivity contribution < 1.29 is 19.4 Å². The molecule has 1 atom stereocenters. The van der Waals surface area contributed by atoms with E-state index in [-0.39, 0.29) is 11.3 Å². The van der Waals surface area contributed by atoms with Crippen LogP contribution in [0.5, 0.6) is 5.75 Å². The summed E-state index contributed by atoms with van der Waals surface area (Å²) < 4.78 is 6.21. The van der Waals surface area contributed by atoms with Crippen molar-refractivity contribution >= 4 is 44.1 Å². The van der Waals surface area contributed by atoms with Crippen molar-refractivity contribution in [2.75, 3.05) is 12.0 Å². The first-order chi connectivity index (χ1) is 16.4. The second-order valence-electron chi connectivity index (χ2n) is 8.23. The van der Waals surface area contributed by atoms with Gasteiger partial charge in [-0.15, -0.1) is 0 Å². The van der Waals surface area contributed by atoms with Crippen LogP contribution in [0.1, 0.15) is 28.3 Å². The maximum absolute atomic E-state index is 13.4. The number of thiazole rings is 1. The third kappa shape index (κ3) is 3.54. The van der Waals surface area contributed by atoms with Crippen LogP contribution in [-0.4, -0.2) is 28.9 Å². The van der Waals surface area contributed by atoms with E-state index >= 15 is 0 Å². The predicted octanol–water partition coefficient (Wildman–Crippen LogP) is 5.55. The maximum Gasteiger partial charge on any atom is 0.301 e. The molecule has 1 N–H and O–H groups in total. The van der Waals surface area contributed by atoms with Crippen molar-refractivity contribution in [2.45, 2.75) is 19.9 Å². The number of aryl methyl sites for hydroxylation is 2. The zero-order valence-corrected chi connectivity index (χ0v) is 19.7. The van der Waals surface area contributed by atoms with Gasteiger partial charge in [0.25, 0.3) is 5.78 Å². The van der Waals surface area contributed by atoms with Crippen LogP contribution in [-0.2, 0) is 9.59 Å². The molecule has 0 saturated carbocycles. The topological polar surface area (TPSA) is 79.7 Å². The molecule has 0 aliphatic carbocycles. The molecule has 170 valence electrons. The first kappa shape index (κ1) is 21.9. The number of ketones is 1. The number of aliphatic hydroxyl groups is 1. The summed E-state index contributed by atoms with van der Waals surface area (Å²) in [5, 5.41) is 11.6. The molecule has 3 aromatic carbocycles. The number of carbonyl (C=O) groups is 2. The fourth-order valence-corrected chi connectivity index (χ4v) is 5.51. The van der Waals surface area contributed by atoms with Crippen molar-refractivity contribution in [1.82, 2.24) is 4.98 Å². The molecular formula is C27H22N2O4S. The summed E-state index contributed by atoms with van der Waals surface area (Å²) in [4.78, 5) is 32.8. The number of hydrogen-bond donors (Lipinski definition) is 1. The van der Waals surface area contributed by atoms with Gasteiger partial charge in [-0.25, -0.2) is 4.98 Å². The van der Waals surface area contributed by atoms with E-state index in [2.05, 4.69) is 0 Å². The van der Waals surface area contributed by atoms with E-state index in [1.165, 1.54) is 16.2 Å². The number of carbonyl (C=O) groups excluding carboxylic acids is 2. The predicted molar refractivity (Wildman–Crippen MR) is 133 cm³/mol. The number of aliphatic hydroxyl groups excluding tert-OH is 1. The molecule has 6 nitrogen and oxygen atoms in total. The molecule has 1 aliphatic heterocycles. The zero-order valence-electron chi connectivity index (χ0n) is 18.9. The molecule has 0 spiro atoms. The Morgan fingerprint density at radius 2 is 1.74 bits per heavy atom. The summed E-state index contributed by atoms with van der Waals surface area (Å²) in [5.74, 6) is -1.02. The Kier molecular flexibility index (Phi) is 5.42. The van der Waals surface area contributed by atoms with Gasteiger partial charge in [0.2, 0.25) is 0 Å². The van der Waals surface area contributed by atoms with Gasteiger partial charge in [-0.1, -0.05) is 59.9 Å². The van der Waals surface area contributed by atoms with E-state index in [0.717, 1.165) is 21.3 Å². The van der Waals surface area contributed by atoms with E-state index < -0.39 is 17.7 Å². The highest BCUT2D eigenvalue weighted by atomic mass is 32.1. The van der Waals surface area contributed by atoms with Gasteiger partial charge in [0.1, 0.15) is 11.5 Å². The molecule has 2 heterocycles. The monoisotopic (exact) mass is 470 g/mol. The minimum Gasteiger partial charge on any atom is -0.507 e. The number of hydrogen-bond acceptors (Lipinski definition) is 6. The summed E-state index contributed by atoms with van der Waals surface area (Å²) in [6.07, 6.45) is 0. The smallest absolute Gasteiger partial charge is 0.301 e. The molecule has 7 heteroatoms. The number of ether oxygens (including phenoxy) is 1. The zero-order chi connectivity index (χ0) is 24.0. The Morgan fingerprint density at radius 3 is 2.41 bits per heavy atom. The van der Waals surface area contributed by atoms with Crippen LogP contribution in [0.25, 0.3) is 16.0 Å². The number of Topliss-reactive ketones (excluding diaryl/α,β-unsaturated/α-hetero) is 1. The third-order valence-electron chi connectivity index (χ3n) is 5.95. The summed E-state index contributed by atoms with van der Waals surface area (Å²) in [7, 11) is 1.57. The second kappa shape index (κ2) is 8.43. The lowest BCUT2D eigenvalue weighted by molar-refractivity contribution is -0.132. The molecule has 5 rings (SSSR count). The van der Waals surface area contributed by atoms with Gasteiger partial charge in [0, 0.05) is 5.56 Å². The molecule has 4 aromatic rings. The summed E-state index contributed by atoms with van der Waals surface area (Å²) in [6.45, 7) is 3.98. The van der Waals surface area contributed by atoms with Crippen LogP contribution >= 0.6 is 11.3 Å². The quantitative estimate of drug-likeness (QED) is 0.240. The second-order valence-corrected chi connectivity index (χ2v) is 9.24. The minimum absolute atomic E-state index is 0.0357. The van der Waals surface area contributed by atoms with Crippen LogP contribution in [0.4, 0.5) is 5.13 Å². The molecule has 1 aliphatic rings. The number of anilines is 1. The first-order valence-electron chi connectivity index (χ1n) is 10.8. The van der Waals surface area contributed by atoms with Gasteiger partial charge in [-0.2, -0.15) is 0 Å². The number of methoxy groups -OCH3 is 1. The minimum atomic E-state index is -0.826. The molecule has 1 fully saturated rings. The summed E-state index contributed by atoms with van der Waals surface area (Å²) in [5.41, 5.74) is 4.06. The Balaban J connectivity index is 1.74. The fourth-order valence-electron chi connectivity index (χ4n) is 4.34. The Bertz CT molecular complexity index is 1460. The number of benzene rings is 3. The van der Waals surface area contributed by atoms with E-state index in [9.17, 15) is 14.7 Å². The van der Waals surface area contributed by atoms with Gasteiger partial charge < -0.3 is 9.84 Å². The number of nitrogens with zero attached hydrogens (tertiary/aromatic N) is 2. The maximum atomic E-state index is 13.4. The lowest BCUT2D eigenvalue weighted by atomic mass is 9.95. The van der Waals surface area contributed by atoms with Gasteiger partial charge in [0.15, 0.2) is 5.13 Å². The van der Waals surface area contributed by atoms with Crippen molar-refractivity contribution in [1.29, 1.82) is 0 Å². The van der Waals surface area contributed by atoms with Gasteiger partial charge in [0.05, 0.1) is 28.9 Å². The van der Waals surface area contributed by atoms with E-state index in [1.807, 2.05) is 32.0 Å². The average molecular weight is 471 g/mol. The number of fused-ring (bicyclic) bond motifs is 1. The standard InChI is InChI=1S/C27H22N2O4S/c1-15-13-16(2)22-20(14-15)34-27(28-22)29-23(17-9-11-19(33-3)12-10-17)21(25(31)26(29)32)24(30)18-7-5-4-6-8-18/h4-14,23,30H,1-3H3/t23-/m1/s1. The highest BCUT2D eigenvalue weighted by Crippen LogP contribution is 2.44. The summed E-state index contributed by atoms with van der Waals surface area (Å²) in [6, 6.07) is 19.1. The van der Waals surface area contributed by atoms with Crippen LogP contribution in [0.15, 0.2) is 72.3 Å². The first-order valence-corrected chi connectivity index (χ1v) is 11.6. The number of rotatable bonds is 4. The van der Waals surface area contributed by atoms with E-state index in [1.54, 1.807) is 55.6 Å². The lowest BCUT2D eigenvalue weighted by Crippen LogP contribution is -2.29. The molecule has 0 bridgehead atoms. The fraction of sp³-hybridized carbons (Fsp3) is 0.148. The molecule has 1 aromatic heterocycles. The van der Waals surface area contributed by atoms with Crippen molar-refractivity contribution in [3.63, 3.8) is 0 Å². The highest BCUT2D eigenvalue weighted by molar-refractivity contribution is 7.22. The van der Waals surface area contributed by atoms with Crippen molar-refractivity contribution in [2.24, 2.45) is 0 Å². The number of aromatic nitrogens is 1. The van der Waals surface area contributed by atoms with Crippen molar-refractivity contribution in [3.8, 4) is 5.75 Å². The molecule has 1 saturated heterocycles. The van der Waals surface area contributed by atoms with E-state index in [0.29, 0.717) is 22.0 Å². The Morgan fingerprint density at radius 1 is 1.03 bits per heavy atom. The SMILES string of the molecule is COc1ccc([C@@H]2C(=C(O)c3ccccc3)C(=O)C(=O)N2c2nc3c(C)cc(C)cc3s2)cc1. The van der Waals surface area contributed by atoms with Crippen LogP contribution in [0.3, 0.4) is 0 Å². The Hall–Kier alpha value is -3.97. The largest absolute Gasteiger partial charge is 0.507 e. The third-order valence-corrected chi connectivity index (χ3v) is 6.95. The van der Waals surface area contributed by atoms with E-state index in [4.69, 9.17) is 9.72 Å².